The molecule has 0 spiro atoms. The Morgan fingerprint density at radius 2 is 1.79 bits per heavy atom. The Morgan fingerprint density at radius 1 is 1.04 bits per heavy atom. The Kier molecular flexibility index (Phi) is 4.06. The molecule has 0 bridgehead atoms. The van der Waals surface area contributed by atoms with Gasteiger partial charge in [0, 0.05) is 12.0 Å². The first-order chi connectivity index (χ1) is 11.8. The second-order valence-corrected chi connectivity index (χ2v) is 6.47. The third-order valence-corrected chi connectivity index (χ3v) is 4.52. The summed E-state index contributed by atoms with van der Waals surface area (Å²) in [5, 5.41) is 6.20. The number of amides is 1. The van der Waals surface area contributed by atoms with Crippen molar-refractivity contribution >= 4 is 17.4 Å². The van der Waals surface area contributed by atoms with Gasteiger partial charge in [-0.25, -0.2) is 19.9 Å². The number of hydrogen-bond donors (Lipinski definition) is 2. The number of rotatable bonds is 5. The predicted octanol–water partition coefficient (Wildman–Crippen LogP) is 2.56. The minimum Gasteiger partial charge on any atom is -0.348 e. The highest BCUT2D eigenvalue weighted by atomic mass is 16.2. The molecule has 4 rings (SSSR count). The van der Waals surface area contributed by atoms with E-state index in [4.69, 9.17) is 0 Å². The summed E-state index contributed by atoms with van der Waals surface area (Å²) in [7, 11) is 0. The Hall–Kier alpha value is -2.57. The first-order valence-corrected chi connectivity index (χ1v) is 8.49. The van der Waals surface area contributed by atoms with Crippen LogP contribution in [0.3, 0.4) is 0 Å². The number of nitrogens with one attached hydrogen (secondary N) is 2. The first kappa shape index (κ1) is 15.0. The molecular weight excluding hydrogens is 304 g/mol. The maximum Gasteiger partial charge on any atom is 0.273 e. The number of carbonyl (C=O) groups excluding carboxylic acids is 1. The molecule has 0 atom stereocenters. The average molecular weight is 324 g/mol. The van der Waals surface area contributed by atoms with Crippen LogP contribution in [-0.4, -0.2) is 31.9 Å². The molecule has 124 valence electrons. The smallest absolute Gasteiger partial charge is 0.273 e. The second kappa shape index (κ2) is 6.51. The fraction of sp³-hybridized carbons (Fsp3) is 0.471. The Bertz CT molecular complexity index is 725. The van der Waals surface area contributed by atoms with Gasteiger partial charge in [-0.15, -0.1) is 0 Å². The fourth-order valence-electron chi connectivity index (χ4n) is 3.05. The molecule has 0 radical (unpaired) electrons. The minimum absolute atomic E-state index is 0.156. The predicted molar refractivity (Wildman–Crippen MR) is 89.0 cm³/mol. The molecule has 2 aromatic rings. The standard InChI is InChI=1S/C17H20N6O/c24-17(22-12-3-1-2-4-12)15-16(21-13-7-18-10-19-8-13)20-9-14(23-15)11-5-6-11/h7-12H,1-6H2,(H,20,21)(H,22,24). The van der Waals surface area contributed by atoms with Crippen LogP contribution in [-0.2, 0) is 0 Å². The van der Waals surface area contributed by atoms with Crippen molar-refractivity contribution in [3.05, 3.63) is 36.3 Å². The molecule has 2 fully saturated rings. The van der Waals surface area contributed by atoms with Crippen molar-refractivity contribution in [3.63, 3.8) is 0 Å². The molecule has 7 heteroatoms. The van der Waals surface area contributed by atoms with Crippen molar-refractivity contribution in [1.29, 1.82) is 0 Å². The molecule has 2 aliphatic rings. The molecule has 0 aliphatic heterocycles. The van der Waals surface area contributed by atoms with Crippen molar-refractivity contribution in [2.75, 3.05) is 5.32 Å². The zero-order chi connectivity index (χ0) is 16.4. The maximum atomic E-state index is 12.7. The lowest BCUT2D eigenvalue weighted by atomic mass is 10.2. The van der Waals surface area contributed by atoms with Gasteiger partial charge in [-0.1, -0.05) is 12.8 Å². The number of nitrogens with zero attached hydrogens (tertiary/aromatic N) is 4. The van der Waals surface area contributed by atoms with Gasteiger partial charge in [0.2, 0.25) is 0 Å². The van der Waals surface area contributed by atoms with Crippen LogP contribution in [0.4, 0.5) is 11.5 Å². The largest absolute Gasteiger partial charge is 0.348 e. The molecule has 2 aromatic heterocycles. The van der Waals surface area contributed by atoms with Crippen molar-refractivity contribution in [1.82, 2.24) is 25.3 Å². The van der Waals surface area contributed by atoms with Crippen molar-refractivity contribution in [3.8, 4) is 0 Å². The summed E-state index contributed by atoms with van der Waals surface area (Å²) in [6, 6.07) is 0.247. The van der Waals surface area contributed by atoms with E-state index in [1.54, 1.807) is 18.6 Å². The van der Waals surface area contributed by atoms with Crippen LogP contribution >= 0.6 is 0 Å². The van der Waals surface area contributed by atoms with Crippen LogP contribution < -0.4 is 10.6 Å². The SMILES string of the molecule is O=C(NC1CCCC1)c1nc(C2CC2)cnc1Nc1cncnc1. The zero-order valence-electron chi connectivity index (χ0n) is 13.4. The molecule has 2 N–H and O–H groups in total. The second-order valence-electron chi connectivity index (χ2n) is 6.47. The van der Waals surface area contributed by atoms with Crippen LogP contribution in [0.1, 0.15) is 60.6 Å². The van der Waals surface area contributed by atoms with Gasteiger partial charge in [0.1, 0.15) is 6.33 Å². The zero-order valence-corrected chi connectivity index (χ0v) is 13.4. The van der Waals surface area contributed by atoms with Gasteiger partial charge in [-0.2, -0.15) is 0 Å². The van der Waals surface area contributed by atoms with Crippen LogP contribution in [0.15, 0.2) is 24.9 Å². The van der Waals surface area contributed by atoms with Crippen molar-refractivity contribution in [2.24, 2.45) is 0 Å². The highest BCUT2D eigenvalue weighted by Crippen LogP contribution is 2.39. The topological polar surface area (TPSA) is 92.7 Å². The number of anilines is 2. The molecule has 2 saturated carbocycles. The molecule has 0 unspecified atom stereocenters. The normalized spacial score (nSPS) is 17.7. The molecule has 24 heavy (non-hydrogen) atoms. The van der Waals surface area contributed by atoms with Crippen LogP contribution in [0.2, 0.25) is 0 Å². The van der Waals surface area contributed by atoms with Gasteiger partial charge in [-0.05, 0) is 25.7 Å². The Morgan fingerprint density at radius 3 is 2.50 bits per heavy atom. The van der Waals surface area contributed by atoms with E-state index in [0.29, 0.717) is 23.1 Å². The third-order valence-electron chi connectivity index (χ3n) is 4.52. The van der Waals surface area contributed by atoms with Gasteiger partial charge >= 0.3 is 0 Å². The summed E-state index contributed by atoms with van der Waals surface area (Å²) < 4.78 is 0. The van der Waals surface area contributed by atoms with Gasteiger partial charge in [-0.3, -0.25) is 4.79 Å². The summed E-state index contributed by atoms with van der Waals surface area (Å²) in [4.78, 5) is 29.7. The van der Waals surface area contributed by atoms with E-state index in [-0.39, 0.29) is 11.9 Å². The average Bonchev–Trinajstić information content (AvgIpc) is 3.34. The lowest BCUT2D eigenvalue weighted by Crippen LogP contribution is -2.34. The van der Waals surface area contributed by atoms with Crippen LogP contribution in [0.5, 0.6) is 0 Å². The van der Waals surface area contributed by atoms with Crippen LogP contribution in [0.25, 0.3) is 0 Å². The fourth-order valence-corrected chi connectivity index (χ4v) is 3.05. The monoisotopic (exact) mass is 324 g/mol. The molecule has 0 aromatic carbocycles. The Balaban J connectivity index is 1.60. The van der Waals surface area contributed by atoms with E-state index >= 15 is 0 Å². The lowest BCUT2D eigenvalue weighted by molar-refractivity contribution is 0.0933. The summed E-state index contributed by atoms with van der Waals surface area (Å²) in [6.45, 7) is 0. The first-order valence-electron chi connectivity index (χ1n) is 8.49. The van der Waals surface area contributed by atoms with Crippen molar-refractivity contribution < 1.29 is 4.79 Å². The molecule has 2 heterocycles. The van der Waals surface area contributed by atoms with Crippen molar-refractivity contribution in [2.45, 2.75) is 50.5 Å². The molecule has 0 saturated heterocycles. The number of aromatic nitrogens is 4. The van der Waals surface area contributed by atoms with Gasteiger partial charge < -0.3 is 10.6 Å². The van der Waals surface area contributed by atoms with E-state index in [1.807, 2.05) is 0 Å². The van der Waals surface area contributed by atoms with E-state index in [0.717, 1.165) is 31.4 Å². The lowest BCUT2D eigenvalue weighted by Gasteiger charge is -2.15. The van der Waals surface area contributed by atoms with E-state index in [9.17, 15) is 4.79 Å². The highest BCUT2D eigenvalue weighted by molar-refractivity contribution is 5.97. The summed E-state index contributed by atoms with van der Waals surface area (Å²) in [5.74, 6) is 0.741. The van der Waals surface area contributed by atoms with E-state index < -0.39 is 0 Å². The summed E-state index contributed by atoms with van der Waals surface area (Å²) >= 11 is 0. The quantitative estimate of drug-likeness (QED) is 0.878. The van der Waals surface area contributed by atoms with Crippen LogP contribution in [0, 0.1) is 0 Å². The third kappa shape index (κ3) is 3.34. The summed E-state index contributed by atoms with van der Waals surface area (Å²) in [6.07, 6.45) is 13.2. The minimum atomic E-state index is -0.156. The number of hydrogen-bond acceptors (Lipinski definition) is 6. The summed E-state index contributed by atoms with van der Waals surface area (Å²) in [5.41, 5.74) is 1.94. The Labute approximate surface area is 140 Å². The maximum absolute atomic E-state index is 12.7. The van der Waals surface area contributed by atoms with Gasteiger partial charge in [0.05, 0.1) is 30.0 Å². The molecule has 2 aliphatic carbocycles. The number of carbonyl (C=O) groups is 1. The molecular formula is C17H20N6O. The molecule has 1 amide bonds. The van der Waals surface area contributed by atoms with Gasteiger partial charge in [0.25, 0.3) is 5.91 Å². The highest BCUT2D eigenvalue weighted by Gasteiger charge is 2.28. The molecule has 7 nitrogen and oxygen atoms in total. The van der Waals surface area contributed by atoms with E-state index in [2.05, 4.69) is 30.6 Å². The van der Waals surface area contributed by atoms with E-state index in [1.165, 1.54) is 19.2 Å². The van der Waals surface area contributed by atoms with Gasteiger partial charge in [0.15, 0.2) is 11.5 Å².